The summed E-state index contributed by atoms with van der Waals surface area (Å²) in [5.41, 5.74) is 0.839. The molecule has 0 aliphatic heterocycles. The molecule has 0 saturated carbocycles. The van der Waals surface area contributed by atoms with Crippen LogP contribution in [0.4, 0.5) is 0 Å². The summed E-state index contributed by atoms with van der Waals surface area (Å²) < 4.78 is 9.45. The molecule has 0 aliphatic rings. The summed E-state index contributed by atoms with van der Waals surface area (Å²) in [5.74, 6) is -0.705. The Morgan fingerprint density at radius 3 is 2.50 bits per heavy atom. The smallest absolute Gasteiger partial charge is 0.338 e. The topological polar surface area (TPSA) is 52.6 Å². The first-order valence-corrected chi connectivity index (χ1v) is 4.51. The summed E-state index contributed by atoms with van der Waals surface area (Å²) >= 11 is 0. The molecule has 0 heterocycles. The Morgan fingerprint density at radius 2 is 2.00 bits per heavy atom. The third-order valence-electron chi connectivity index (χ3n) is 1.79. The minimum atomic E-state index is -0.509. The second-order valence-corrected chi connectivity index (χ2v) is 3.01. The van der Waals surface area contributed by atoms with Crippen molar-refractivity contribution < 1.29 is 19.1 Å². The average molecular weight is 219 g/mol. The number of benzene rings is 1. The second-order valence-electron chi connectivity index (χ2n) is 3.01. The lowest BCUT2D eigenvalue weighted by molar-refractivity contribution is -0.131. The zero-order valence-electron chi connectivity index (χ0n) is 9.07. The number of carbonyl (C=O) groups is 2. The van der Waals surface area contributed by atoms with Crippen LogP contribution in [0, 0.1) is 6.08 Å². The minimum Gasteiger partial charge on any atom is -0.465 e. The van der Waals surface area contributed by atoms with Gasteiger partial charge in [0.15, 0.2) is 0 Å². The summed E-state index contributed by atoms with van der Waals surface area (Å²) in [6.07, 6.45) is 2.61. The fourth-order valence-electron chi connectivity index (χ4n) is 1.16. The van der Waals surface area contributed by atoms with Crippen molar-refractivity contribution in [2.45, 2.75) is 6.92 Å². The van der Waals surface area contributed by atoms with Gasteiger partial charge in [-0.05, 0) is 29.8 Å². The molecule has 0 bridgehead atoms. The molecule has 0 atom stereocenters. The maximum Gasteiger partial charge on any atom is 0.338 e. The summed E-state index contributed by atoms with van der Waals surface area (Å²) in [5, 5.41) is 0. The Morgan fingerprint density at radius 1 is 1.31 bits per heavy atom. The third kappa shape index (κ3) is 2.95. The normalized spacial score (nSPS) is 9.38. The van der Waals surface area contributed by atoms with E-state index in [0.29, 0.717) is 5.56 Å². The first-order valence-electron chi connectivity index (χ1n) is 4.51. The van der Waals surface area contributed by atoms with E-state index in [2.05, 4.69) is 17.4 Å². The summed E-state index contributed by atoms with van der Waals surface area (Å²) in [7, 11) is 1.28. The quantitative estimate of drug-likeness (QED) is 0.574. The molecule has 1 rings (SSSR count). The third-order valence-corrected chi connectivity index (χ3v) is 1.79. The lowest BCUT2D eigenvalue weighted by Crippen LogP contribution is -2.05. The Hall–Kier alpha value is -2.10. The molecule has 0 saturated heterocycles. The molecule has 0 N–H and O–H groups in total. The molecule has 16 heavy (non-hydrogen) atoms. The lowest BCUT2D eigenvalue weighted by Gasteiger charge is -2.05. The molecular formula is C12H11O4. The van der Waals surface area contributed by atoms with Crippen molar-refractivity contribution in [3.63, 3.8) is 0 Å². The zero-order valence-corrected chi connectivity index (χ0v) is 9.07. The molecular weight excluding hydrogens is 208 g/mol. The van der Waals surface area contributed by atoms with Crippen LogP contribution in [0.2, 0.25) is 0 Å². The first kappa shape index (κ1) is 12.0. The van der Waals surface area contributed by atoms with Crippen LogP contribution >= 0.6 is 0 Å². The van der Waals surface area contributed by atoms with E-state index in [1.807, 2.05) is 0 Å². The van der Waals surface area contributed by atoms with Gasteiger partial charge in [-0.25, -0.2) is 4.79 Å². The van der Waals surface area contributed by atoms with Crippen molar-refractivity contribution in [3.8, 4) is 5.75 Å². The largest absolute Gasteiger partial charge is 0.465 e. The maximum absolute atomic E-state index is 11.3. The van der Waals surface area contributed by atoms with E-state index in [9.17, 15) is 9.59 Å². The number of ether oxygens (including phenoxy) is 2. The molecule has 83 valence electrons. The van der Waals surface area contributed by atoms with Gasteiger partial charge >= 0.3 is 11.9 Å². The SMILES string of the molecule is C=[C]c1cc(OC(C)=O)cc(C(=O)OC)c1. The summed E-state index contributed by atoms with van der Waals surface area (Å²) in [4.78, 5) is 22.1. The maximum atomic E-state index is 11.3. The van der Waals surface area contributed by atoms with Crippen molar-refractivity contribution in [2.24, 2.45) is 0 Å². The van der Waals surface area contributed by atoms with E-state index < -0.39 is 11.9 Å². The molecule has 0 amide bonds. The minimum absolute atomic E-state index is 0.265. The average Bonchev–Trinajstić information content (AvgIpc) is 2.26. The fraction of sp³-hybridized carbons (Fsp3) is 0.167. The highest BCUT2D eigenvalue weighted by Gasteiger charge is 2.09. The molecule has 0 unspecified atom stereocenters. The van der Waals surface area contributed by atoms with Crippen LogP contribution in [-0.4, -0.2) is 19.0 Å². The van der Waals surface area contributed by atoms with Crippen molar-refractivity contribution in [1.82, 2.24) is 0 Å². The second kappa shape index (κ2) is 5.11. The molecule has 0 aromatic heterocycles. The van der Waals surface area contributed by atoms with Gasteiger partial charge in [-0.1, -0.05) is 6.58 Å². The van der Waals surface area contributed by atoms with Crippen LogP contribution in [-0.2, 0) is 9.53 Å². The van der Waals surface area contributed by atoms with Crippen LogP contribution in [0.15, 0.2) is 24.8 Å². The number of rotatable bonds is 3. The van der Waals surface area contributed by atoms with Crippen LogP contribution in [0.5, 0.6) is 5.75 Å². The Bertz CT molecular complexity index is 435. The van der Waals surface area contributed by atoms with Crippen molar-refractivity contribution >= 4 is 11.9 Å². The Kier molecular flexibility index (Phi) is 3.83. The summed E-state index contributed by atoms with van der Waals surface area (Å²) in [6, 6.07) is 4.53. The van der Waals surface area contributed by atoms with E-state index in [0.717, 1.165) is 0 Å². The monoisotopic (exact) mass is 219 g/mol. The molecule has 0 aliphatic carbocycles. The van der Waals surface area contributed by atoms with Gasteiger partial charge in [0.05, 0.1) is 12.7 Å². The fourth-order valence-corrected chi connectivity index (χ4v) is 1.16. The van der Waals surface area contributed by atoms with E-state index in [1.165, 1.54) is 20.1 Å². The van der Waals surface area contributed by atoms with Crippen LogP contribution in [0.25, 0.3) is 0 Å². The van der Waals surface area contributed by atoms with Gasteiger partial charge in [0.25, 0.3) is 0 Å². The number of methoxy groups -OCH3 is 1. The van der Waals surface area contributed by atoms with Gasteiger partial charge in [0.1, 0.15) is 5.75 Å². The van der Waals surface area contributed by atoms with Gasteiger partial charge in [-0.15, -0.1) is 0 Å². The van der Waals surface area contributed by atoms with Gasteiger partial charge < -0.3 is 9.47 Å². The molecule has 0 fully saturated rings. The van der Waals surface area contributed by atoms with Gasteiger partial charge in [-0.2, -0.15) is 0 Å². The number of carbonyl (C=O) groups excluding carboxylic acids is 2. The van der Waals surface area contributed by atoms with Crippen molar-refractivity contribution in [2.75, 3.05) is 7.11 Å². The van der Waals surface area contributed by atoms with E-state index in [4.69, 9.17) is 4.74 Å². The lowest BCUT2D eigenvalue weighted by atomic mass is 10.1. The standard InChI is InChI=1S/C12H11O4/c1-4-9-5-10(12(14)15-3)7-11(6-9)16-8(2)13/h5-7H,1H2,2-3H3. The van der Waals surface area contributed by atoms with E-state index in [1.54, 1.807) is 12.1 Å². The van der Waals surface area contributed by atoms with Crippen molar-refractivity contribution in [1.29, 1.82) is 0 Å². The molecule has 1 radical (unpaired) electrons. The highest BCUT2D eigenvalue weighted by Crippen LogP contribution is 2.18. The van der Waals surface area contributed by atoms with Crippen molar-refractivity contribution in [3.05, 3.63) is 42.0 Å². The highest BCUT2D eigenvalue weighted by molar-refractivity contribution is 5.90. The predicted molar refractivity (Wildman–Crippen MR) is 57.1 cm³/mol. The predicted octanol–water partition coefficient (Wildman–Crippen LogP) is 1.74. The summed E-state index contributed by atoms with van der Waals surface area (Å²) in [6.45, 7) is 4.74. The number of hydrogen-bond acceptors (Lipinski definition) is 4. The van der Waals surface area contributed by atoms with Gasteiger partial charge in [-0.3, -0.25) is 4.79 Å². The number of hydrogen-bond donors (Lipinski definition) is 0. The highest BCUT2D eigenvalue weighted by atomic mass is 16.5. The van der Waals surface area contributed by atoms with E-state index >= 15 is 0 Å². The molecule has 4 heteroatoms. The first-order chi connectivity index (χ1) is 7.56. The number of esters is 2. The van der Waals surface area contributed by atoms with Crippen LogP contribution < -0.4 is 4.74 Å². The molecule has 1 aromatic rings. The van der Waals surface area contributed by atoms with E-state index in [-0.39, 0.29) is 11.3 Å². The molecule has 0 spiro atoms. The zero-order chi connectivity index (χ0) is 12.1. The Balaban J connectivity index is 3.15. The van der Waals surface area contributed by atoms with Crippen LogP contribution in [0.1, 0.15) is 22.8 Å². The van der Waals surface area contributed by atoms with Gasteiger partial charge in [0.2, 0.25) is 0 Å². The van der Waals surface area contributed by atoms with Gasteiger partial charge in [0, 0.05) is 6.92 Å². The molecule has 4 nitrogen and oxygen atoms in total. The Labute approximate surface area is 93.5 Å². The molecule has 1 aromatic carbocycles. The van der Waals surface area contributed by atoms with Crippen LogP contribution in [0.3, 0.4) is 0 Å².